The Balaban J connectivity index is 1.81. The third-order valence-corrected chi connectivity index (χ3v) is 4.44. The first-order valence-corrected chi connectivity index (χ1v) is 7.97. The van der Waals surface area contributed by atoms with E-state index in [0.29, 0.717) is 36.3 Å². The summed E-state index contributed by atoms with van der Waals surface area (Å²) in [5, 5.41) is 14.5. The lowest BCUT2D eigenvalue weighted by Crippen LogP contribution is -2.47. The van der Waals surface area contributed by atoms with E-state index in [2.05, 4.69) is 20.4 Å². The summed E-state index contributed by atoms with van der Waals surface area (Å²) in [5.74, 6) is 1.10. The highest BCUT2D eigenvalue weighted by Gasteiger charge is 2.39. The molecule has 0 atom stereocenters. The lowest BCUT2D eigenvalue weighted by molar-refractivity contribution is 0.0771. The minimum absolute atomic E-state index is 0.222. The molecule has 2 aromatic heterocycles. The zero-order chi connectivity index (χ0) is 17.3. The minimum atomic E-state index is -1.61. The highest BCUT2D eigenvalue weighted by molar-refractivity contribution is 6.31. The topological polar surface area (TPSA) is 90.9 Å². The Morgan fingerprint density at radius 1 is 1.46 bits per heavy atom. The van der Waals surface area contributed by atoms with Crippen molar-refractivity contribution in [2.24, 2.45) is 0 Å². The molecule has 0 aliphatic carbocycles. The number of guanidine groups is 1. The highest BCUT2D eigenvalue weighted by Crippen LogP contribution is 2.40. The molecule has 3 heterocycles. The number of aryl methyl sites for hydroxylation is 1. The van der Waals surface area contributed by atoms with E-state index < -0.39 is 5.67 Å². The quantitative estimate of drug-likeness (QED) is 0.637. The smallest absolute Gasteiger partial charge is 0.259 e. The standard InChI is InChI=1S/C15H18ClFN6O/c1-9-21-13(24-22-9)10-7-11(16)12(20-8-10)15(17)3-5-23(6-4-15)14(18)19-2/h7-8H,3-6H2,1-2H3,(H2,18,19). The Labute approximate surface area is 143 Å². The first kappa shape index (κ1) is 16.6. The van der Waals surface area contributed by atoms with Gasteiger partial charge >= 0.3 is 0 Å². The van der Waals surface area contributed by atoms with Gasteiger partial charge in [-0.15, -0.1) is 0 Å². The number of hydrogen-bond acceptors (Lipinski definition) is 5. The molecule has 1 fully saturated rings. The molecule has 0 radical (unpaired) electrons. The van der Waals surface area contributed by atoms with Crippen LogP contribution in [0, 0.1) is 12.3 Å². The highest BCUT2D eigenvalue weighted by atomic mass is 35.5. The summed E-state index contributed by atoms with van der Waals surface area (Å²) < 4.78 is 20.4. The molecule has 9 heteroatoms. The number of nitrogens with one attached hydrogen (secondary N) is 2. The Morgan fingerprint density at radius 3 is 2.71 bits per heavy atom. The normalized spacial score (nSPS) is 16.9. The fourth-order valence-electron chi connectivity index (χ4n) is 2.78. The number of aromatic nitrogens is 3. The maximum absolute atomic E-state index is 15.3. The van der Waals surface area contributed by atoms with E-state index in [0.717, 1.165) is 0 Å². The second-order valence-corrected chi connectivity index (χ2v) is 6.16. The molecule has 2 aromatic rings. The summed E-state index contributed by atoms with van der Waals surface area (Å²) in [5.41, 5.74) is -0.826. The summed E-state index contributed by atoms with van der Waals surface area (Å²) >= 11 is 6.27. The number of rotatable bonds is 2. The van der Waals surface area contributed by atoms with Crippen molar-refractivity contribution in [2.45, 2.75) is 25.4 Å². The summed E-state index contributed by atoms with van der Waals surface area (Å²) in [4.78, 5) is 10.1. The van der Waals surface area contributed by atoms with Gasteiger partial charge in [0.05, 0.1) is 16.3 Å². The zero-order valence-corrected chi connectivity index (χ0v) is 14.2. The van der Waals surface area contributed by atoms with E-state index in [9.17, 15) is 0 Å². The molecule has 0 amide bonds. The van der Waals surface area contributed by atoms with Gasteiger partial charge in [-0.3, -0.25) is 10.4 Å². The molecule has 0 saturated carbocycles. The summed E-state index contributed by atoms with van der Waals surface area (Å²) in [6, 6.07) is 1.60. The molecule has 0 bridgehead atoms. The van der Waals surface area contributed by atoms with Gasteiger partial charge in [-0.05, 0) is 13.0 Å². The molecule has 1 aliphatic heterocycles. The van der Waals surface area contributed by atoms with Crippen molar-refractivity contribution in [3.05, 3.63) is 28.8 Å². The molecule has 128 valence electrons. The fraction of sp³-hybridized carbons (Fsp3) is 0.467. The van der Waals surface area contributed by atoms with Crippen LogP contribution in [0.25, 0.3) is 11.5 Å². The predicted octanol–water partition coefficient (Wildman–Crippen LogP) is 2.51. The van der Waals surface area contributed by atoms with Gasteiger partial charge in [-0.25, -0.2) is 4.39 Å². The summed E-state index contributed by atoms with van der Waals surface area (Å²) in [7, 11) is 1.68. The van der Waals surface area contributed by atoms with Crippen molar-refractivity contribution in [2.75, 3.05) is 20.1 Å². The van der Waals surface area contributed by atoms with Crippen LogP contribution in [0.4, 0.5) is 4.39 Å². The van der Waals surface area contributed by atoms with Crippen LogP contribution in [-0.2, 0) is 5.67 Å². The van der Waals surface area contributed by atoms with Gasteiger partial charge in [-0.2, -0.15) is 4.98 Å². The van der Waals surface area contributed by atoms with Crippen LogP contribution in [0.1, 0.15) is 24.4 Å². The maximum Gasteiger partial charge on any atom is 0.259 e. The van der Waals surface area contributed by atoms with Gasteiger partial charge in [0, 0.05) is 39.2 Å². The second-order valence-electron chi connectivity index (χ2n) is 5.75. The molecular weight excluding hydrogens is 335 g/mol. The average Bonchev–Trinajstić information content (AvgIpc) is 3.01. The number of alkyl halides is 1. The van der Waals surface area contributed by atoms with Crippen LogP contribution in [0.2, 0.25) is 5.02 Å². The molecule has 1 saturated heterocycles. The molecule has 0 aromatic carbocycles. The third-order valence-electron chi connectivity index (χ3n) is 4.15. The van der Waals surface area contributed by atoms with E-state index in [-0.39, 0.29) is 23.6 Å². The van der Waals surface area contributed by atoms with Crippen molar-refractivity contribution in [1.29, 1.82) is 5.41 Å². The molecule has 2 N–H and O–H groups in total. The Kier molecular flexibility index (Phi) is 4.40. The van der Waals surface area contributed by atoms with Crippen molar-refractivity contribution in [3.8, 4) is 11.5 Å². The number of halogens is 2. The van der Waals surface area contributed by atoms with Crippen molar-refractivity contribution >= 4 is 17.6 Å². The second kappa shape index (κ2) is 6.35. The lowest BCUT2D eigenvalue weighted by Gasteiger charge is -2.37. The molecule has 7 nitrogen and oxygen atoms in total. The van der Waals surface area contributed by atoms with Crippen molar-refractivity contribution in [3.63, 3.8) is 0 Å². The van der Waals surface area contributed by atoms with E-state index in [1.165, 1.54) is 6.20 Å². The number of likely N-dealkylation sites (tertiary alicyclic amines) is 1. The van der Waals surface area contributed by atoms with E-state index in [4.69, 9.17) is 21.5 Å². The summed E-state index contributed by atoms with van der Waals surface area (Å²) in [6.45, 7) is 2.57. The van der Waals surface area contributed by atoms with Gasteiger partial charge in [0.15, 0.2) is 17.5 Å². The zero-order valence-electron chi connectivity index (χ0n) is 13.4. The van der Waals surface area contributed by atoms with Crippen LogP contribution < -0.4 is 5.32 Å². The first-order chi connectivity index (χ1) is 11.4. The predicted molar refractivity (Wildman–Crippen MR) is 87.7 cm³/mol. The molecular formula is C15H18ClFN6O. The monoisotopic (exact) mass is 352 g/mol. The van der Waals surface area contributed by atoms with Crippen LogP contribution in [0.3, 0.4) is 0 Å². The average molecular weight is 353 g/mol. The van der Waals surface area contributed by atoms with Gasteiger partial charge in [0.25, 0.3) is 5.89 Å². The third kappa shape index (κ3) is 3.06. The number of pyridine rings is 1. The van der Waals surface area contributed by atoms with E-state index in [1.807, 2.05) is 0 Å². The Morgan fingerprint density at radius 2 is 2.17 bits per heavy atom. The first-order valence-electron chi connectivity index (χ1n) is 7.60. The molecule has 0 spiro atoms. The largest absolute Gasteiger partial charge is 0.359 e. The van der Waals surface area contributed by atoms with Crippen LogP contribution in [0.15, 0.2) is 16.8 Å². The van der Waals surface area contributed by atoms with Crippen molar-refractivity contribution in [1.82, 2.24) is 25.3 Å². The van der Waals surface area contributed by atoms with Crippen LogP contribution in [-0.4, -0.2) is 46.1 Å². The number of piperidine rings is 1. The number of hydrogen-bond donors (Lipinski definition) is 2. The molecule has 1 aliphatic rings. The van der Waals surface area contributed by atoms with Gasteiger partial charge in [0.2, 0.25) is 0 Å². The van der Waals surface area contributed by atoms with E-state index in [1.54, 1.807) is 24.9 Å². The van der Waals surface area contributed by atoms with Crippen LogP contribution >= 0.6 is 11.6 Å². The fourth-order valence-corrected chi connectivity index (χ4v) is 3.11. The SMILES string of the molecule is CNC(=N)N1CCC(F)(c2ncc(-c3nc(C)no3)cc2Cl)CC1. The molecule has 3 rings (SSSR count). The van der Waals surface area contributed by atoms with Gasteiger partial charge in [0.1, 0.15) is 0 Å². The molecule has 0 unspecified atom stereocenters. The van der Waals surface area contributed by atoms with Crippen molar-refractivity contribution < 1.29 is 8.91 Å². The van der Waals surface area contributed by atoms with Gasteiger partial charge < -0.3 is 14.7 Å². The Hall–Kier alpha value is -2.22. The van der Waals surface area contributed by atoms with E-state index >= 15 is 4.39 Å². The lowest BCUT2D eigenvalue weighted by atomic mass is 9.89. The van der Waals surface area contributed by atoms with Crippen LogP contribution in [0.5, 0.6) is 0 Å². The maximum atomic E-state index is 15.3. The Bertz CT molecular complexity index is 756. The minimum Gasteiger partial charge on any atom is -0.359 e. The van der Waals surface area contributed by atoms with Gasteiger partial charge in [-0.1, -0.05) is 16.8 Å². The summed E-state index contributed by atoms with van der Waals surface area (Å²) in [6.07, 6.45) is 1.95. The molecule has 24 heavy (non-hydrogen) atoms. The number of nitrogens with zero attached hydrogens (tertiary/aromatic N) is 4.